The molecule has 3 N–H and O–H groups in total. The zero-order chi connectivity index (χ0) is 18.1. The molecule has 1 aliphatic carbocycles. The van der Waals surface area contributed by atoms with Crippen LogP contribution in [0.15, 0.2) is 18.2 Å². The van der Waals surface area contributed by atoms with E-state index in [1.165, 1.54) is 32.1 Å². The Morgan fingerprint density at radius 3 is 2.64 bits per heavy atom. The van der Waals surface area contributed by atoms with Crippen molar-refractivity contribution in [2.45, 2.75) is 65.2 Å². The van der Waals surface area contributed by atoms with E-state index >= 15 is 0 Å². The number of hydrogen-bond donors (Lipinski definition) is 2. The number of hydrogen-bond acceptors (Lipinski definition) is 3. The molecule has 1 aromatic carbocycles. The van der Waals surface area contributed by atoms with Gasteiger partial charge in [0.1, 0.15) is 5.75 Å². The van der Waals surface area contributed by atoms with Gasteiger partial charge < -0.3 is 15.8 Å². The van der Waals surface area contributed by atoms with Crippen molar-refractivity contribution in [2.24, 2.45) is 17.6 Å². The molecule has 0 aliphatic heterocycles. The van der Waals surface area contributed by atoms with Crippen LogP contribution in [0.25, 0.3) is 0 Å². The van der Waals surface area contributed by atoms with Gasteiger partial charge in [-0.1, -0.05) is 32.3 Å². The van der Waals surface area contributed by atoms with Gasteiger partial charge in [0.05, 0.1) is 12.3 Å². The molecule has 4 heteroatoms. The van der Waals surface area contributed by atoms with Gasteiger partial charge in [-0.25, -0.2) is 0 Å². The van der Waals surface area contributed by atoms with Crippen LogP contribution < -0.4 is 15.8 Å². The van der Waals surface area contributed by atoms with E-state index in [2.05, 4.69) is 12.2 Å². The van der Waals surface area contributed by atoms with Crippen molar-refractivity contribution >= 4 is 11.6 Å². The third-order valence-electron chi connectivity index (χ3n) is 5.22. The average molecular weight is 347 g/mol. The van der Waals surface area contributed by atoms with Crippen LogP contribution in [0.5, 0.6) is 5.75 Å². The minimum absolute atomic E-state index is 0.135. The van der Waals surface area contributed by atoms with Gasteiger partial charge in [-0.05, 0) is 69.2 Å². The molecule has 0 aromatic heterocycles. The molecule has 1 aromatic rings. The first-order chi connectivity index (χ1) is 12.2. The second-order valence-electron chi connectivity index (χ2n) is 7.15. The van der Waals surface area contributed by atoms with Crippen LogP contribution in [-0.2, 0) is 11.2 Å². The molecule has 1 saturated carbocycles. The summed E-state index contributed by atoms with van der Waals surface area (Å²) in [5.74, 6) is 1.84. The number of nitrogens with two attached hydrogens (primary N) is 1. The van der Waals surface area contributed by atoms with Crippen LogP contribution in [0.4, 0.5) is 5.69 Å². The highest BCUT2D eigenvalue weighted by Gasteiger charge is 2.26. The van der Waals surface area contributed by atoms with E-state index in [4.69, 9.17) is 10.5 Å². The minimum Gasteiger partial charge on any atom is -0.492 e. The van der Waals surface area contributed by atoms with Crippen LogP contribution in [-0.4, -0.2) is 19.1 Å². The van der Waals surface area contributed by atoms with E-state index in [1.54, 1.807) is 0 Å². The maximum atomic E-state index is 12.7. The fraction of sp³-hybridized carbons (Fsp3) is 0.667. The quantitative estimate of drug-likeness (QED) is 0.691. The van der Waals surface area contributed by atoms with Gasteiger partial charge in [-0.3, -0.25) is 4.79 Å². The van der Waals surface area contributed by atoms with Crippen LogP contribution in [0.2, 0.25) is 0 Å². The van der Waals surface area contributed by atoms with Gasteiger partial charge in [-0.2, -0.15) is 0 Å². The fourth-order valence-corrected chi connectivity index (χ4v) is 3.71. The first kappa shape index (κ1) is 19.8. The molecule has 0 heterocycles. The van der Waals surface area contributed by atoms with Gasteiger partial charge in [0.15, 0.2) is 0 Å². The lowest BCUT2D eigenvalue weighted by molar-refractivity contribution is -0.121. The van der Waals surface area contributed by atoms with E-state index in [0.29, 0.717) is 13.2 Å². The number of anilines is 1. The first-order valence-electron chi connectivity index (χ1n) is 9.94. The van der Waals surface area contributed by atoms with E-state index in [-0.39, 0.29) is 11.8 Å². The molecule has 1 amide bonds. The molecule has 1 aliphatic rings. The number of carbonyl (C=O) groups excluding carboxylic acids is 1. The summed E-state index contributed by atoms with van der Waals surface area (Å²) in [6, 6.07) is 5.96. The van der Waals surface area contributed by atoms with Crippen LogP contribution in [0.1, 0.15) is 64.4 Å². The number of nitrogens with one attached hydrogen (secondary N) is 1. The molecule has 0 unspecified atom stereocenters. The van der Waals surface area contributed by atoms with E-state index in [1.807, 2.05) is 25.1 Å². The Kier molecular flexibility index (Phi) is 8.26. The Bertz CT molecular complexity index is 537. The lowest BCUT2D eigenvalue weighted by Gasteiger charge is -2.28. The lowest BCUT2D eigenvalue weighted by atomic mass is 9.79. The maximum absolute atomic E-state index is 12.7. The molecule has 4 nitrogen and oxygen atoms in total. The highest BCUT2D eigenvalue weighted by atomic mass is 16.5. The number of benzene rings is 1. The number of amides is 1. The van der Waals surface area contributed by atoms with Gasteiger partial charge in [0.25, 0.3) is 0 Å². The largest absolute Gasteiger partial charge is 0.492 e. The number of ether oxygens (including phenoxy) is 1. The molecule has 0 bridgehead atoms. The number of rotatable bonds is 9. The van der Waals surface area contributed by atoms with Crippen LogP contribution >= 0.6 is 0 Å². The molecule has 0 radical (unpaired) electrons. The summed E-state index contributed by atoms with van der Waals surface area (Å²) >= 11 is 0. The summed E-state index contributed by atoms with van der Waals surface area (Å²) in [5, 5.41) is 3.10. The van der Waals surface area contributed by atoms with Crippen LogP contribution in [0, 0.1) is 11.8 Å². The minimum atomic E-state index is 0.135. The van der Waals surface area contributed by atoms with Gasteiger partial charge in [0, 0.05) is 5.92 Å². The second-order valence-corrected chi connectivity index (χ2v) is 7.15. The molecular weight excluding hydrogens is 312 g/mol. The topological polar surface area (TPSA) is 64.4 Å². The van der Waals surface area contributed by atoms with Crippen molar-refractivity contribution in [3.05, 3.63) is 23.8 Å². The predicted molar refractivity (Wildman–Crippen MR) is 104 cm³/mol. The van der Waals surface area contributed by atoms with Crippen molar-refractivity contribution in [3.8, 4) is 5.75 Å². The van der Waals surface area contributed by atoms with Crippen molar-refractivity contribution in [3.63, 3.8) is 0 Å². The van der Waals surface area contributed by atoms with Crippen molar-refractivity contribution < 1.29 is 9.53 Å². The van der Waals surface area contributed by atoms with Crippen molar-refractivity contribution in [1.29, 1.82) is 0 Å². The summed E-state index contributed by atoms with van der Waals surface area (Å²) in [6.45, 7) is 5.39. The third-order valence-corrected chi connectivity index (χ3v) is 5.22. The van der Waals surface area contributed by atoms with Gasteiger partial charge in [0.2, 0.25) is 5.91 Å². The zero-order valence-corrected chi connectivity index (χ0v) is 15.9. The number of carbonyl (C=O) groups is 1. The molecule has 2 rings (SSSR count). The summed E-state index contributed by atoms with van der Waals surface area (Å²) in [4.78, 5) is 12.7. The van der Waals surface area contributed by atoms with E-state index in [9.17, 15) is 4.79 Å². The normalized spacial score (nSPS) is 20.3. The van der Waals surface area contributed by atoms with Crippen LogP contribution in [0.3, 0.4) is 0 Å². The Morgan fingerprint density at radius 1 is 1.24 bits per heavy atom. The highest BCUT2D eigenvalue weighted by molar-refractivity contribution is 5.94. The maximum Gasteiger partial charge on any atom is 0.227 e. The zero-order valence-electron chi connectivity index (χ0n) is 15.9. The van der Waals surface area contributed by atoms with Crippen molar-refractivity contribution in [1.82, 2.24) is 0 Å². The first-order valence-corrected chi connectivity index (χ1v) is 9.94. The lowest BCUT2D eigenvalue weighted by Crippen LogP contribution is -2.27. The Balaban J connectivity index is 1.93. The Labute approximate surface area is 152 Å². The molecule has 140 valence electrons. The predicted octanol–water partition coefficient (Wildman–Crippen LogP) is 4.52. The molecule has 0 saturated heterocycles. The summed E-state index contributed by atoms with van der Waals surface area (Å²) in [5.41, 5.74) is 7.55. The molecule has 1 fully saturated rings. The van der Waals surface area contributed by atoms with E-state index in [0.717, 1.165) is 42.2 Å². The molecule has 0 atom stereocenters. The smallest absolute Gasteiger partial charge is 0.227 e. The molecular formula is C21H34N2O2. The SMILES string of the molecule is CCCCC1CCC(C(=O)Nc2ccc(CCN)cc2OCC)CC1. The second kappa shape index (κ2) is 10.4. The fourth-order valence-electron chi connectivity index (χ4n) is 3.71. The average Bonchev–Trinajstić information content (AvgIpc) is 2.63. The third kappa shape index (κ3) is 6.03. The number of unbranched alkanes of at least 4 members (excludes halogenated alkanes) is 1. The summed E-state index contributed by atoms with van der Waals surface area (Å²) in [7, 11) is 0. The molecule has 25 heavy (non-hydrogen) atoms. The highest BCUT2D eigenvalue weighted by Crippen LogP contribution is 2.33. The Hall–Kier alpha value is -1.55. The standard InChI is InChI=1S/C21H34N2O2/c1-3-5-6-16-7-10-18(11-8-16)21(24)23-19-12-9-17(13-14-22)15-20(19)25-4-2/h9,12,15-16,18H,3-8,10-11,13-14,22H2,1-2H3,(H,23,24). The Morgan fingerprint density at radius 2 is 2.00 bits per heavy atom. The summed E-state index contributed by atoms with van der Waals surface area (Å²) in [6.07, 6.45) is 9.11. The molecule has 0 spiro atoms. The van der Waals surface area contributed by atoms with Gasteiger partial charge in [-0.15, -0.1) is 0 Å². The summed E-state index contributed by atoms with van der Waals surface area (Å²) < 4.78 is 5.72. The monoisotopic (exact) mass is 346 g/mol. The van der Waals surface area contributed by atoms with E-state index < -0.39 is 0 Å². The van der Waals surface area contributed by atoms with Gasteiger partial charge >= 0.3 is 0 Å². The van der Waals surface area contributed by atoms with Crippen molar-refractivity contribution in [2.75, 3.05) is 18.5 Å².